The Hall–Kier alpha value is -3.51. The molecular weight excluding hydrogens is 471 g/mol. The minimum atomic E-state index is -0.275. The molecule has 0 saturated heterocycles. The third-order valence-corrected chi connectivity index (χ3v) is 5.52. The van der Waals surface area contributed by atoms with Crippen LogP contribution in [-0.2, 0) is 17.8 Å². The van der Waals surface area contributed by atoms with Crippen molar-refractivity contribution in [3.63, 3.8) is 0 Å². The van der Waals surface area contributed by atoms with Gasteiger partial charge in [-0.3, -0.25) is 4.79 Å². The van der Waals surface area contributed by atoms with Gasteiger partial charge in [0.05, 0.1) is 17.1 Å². The Morgan fingerprint density at radius 2 is 1.78 bits per heavy atom. The fraction of sp³-hybridized carbons (Fsp3) is 0.0769. The van der Waals surface area contributed by atoms with Gasteiger partial charge in [0.2, 0.25) is 5.91 Å². The molecule has 0 radical (unpaired) electrons. The summed E-state index contributed by atoms with van der Waals surface area (Å²) in [6, 6.07) is 25.6. The third-order valence-electron chi connectivity index (χ3n) is 4.90. The van der Waals surface area contributed by atoms with E-state index in [1.54, 1.807) is 18.3 Å². The van der Waals surface area contributed by atoms with E-state index in [1.165, 1.54) is 12.1 Å². The number of nitrogens with zero attached hydrogens (tertiary/aromatic N) is 1. The molecule has 1 amide bonds. The maximum absolute atomic E-state index is 13.0. The summed E-state index contributed by atoms with van der Waals surface area (Å²) in [5, 5.41) is 6.24. The molecule has 0 aromatic heterocycles. The number of carbonyl (C=O) groups is 1. The Morgan fingerprint density at radius 1 is 1.00 bits per heavy atom. The normalized spacial score (nSPS) is 11.1. The number of nitrogens with one attached hydrogen (secondary N) is 1. The molecular formula is C26H20BrFN2O2. The van der Waals surface area contributed by atoms with Gasteiger partial charge in [0, 0.05) is 0 Å². The third kappa shape index (κ3) is 5.59. The molecule has 0 aliphatic rings. The number of benzene rings is 4. The Labute approximate surface area is 193 Å². The van der Waals surface area contributed by atoms with Crippen LogP contribution in [0.1, 0.15) is 16.7 Å². The lowest BCUT2D eigenvalue weighted by molar-refractivity contribution is -0.120. The predicted octanol–water partition coefficient (Wildman–Crippen LogP) is 6.01. The van der Waals surface area contributed by atoms with Crippen LogP contribution >= 0.6 is 15.9 Å². The average molecular weight is 491 g/mol. The monoisotopic (exact) mass is 490 g/mol. The number of fused-ring (bicyclic) bond motifs is 1. The Morgan fingerprint density at radius 3 is 2.59 bits per heavy atom. The van der Waals surface area contributed by atoms with E-state index in [1.807, 2.05) is 60.7 Å². The summed E-state index contributed by atoms with van der Waals surface area (Å²) in [6.07, 6.45) is 1.83. The van der Waals surface area contributed by atoms with Crippen LogP contribution in [0.2, 0.25) is 0 Å². The molecule has 0 aliphatic heterocycles. The number of rotatable bonds is 7. The molecule has 0 bridgehead atoms. The fourth-order valence-corrected chi connectivity index (χ4v) is 3.81. The van der Waals surface area contributed by atoms with E-state index in [9.17, 15) is 9.18 Å². The van der Waals surface area contributed by atoms with E-state index in [-0.39, 0.29) is 18.1 Å². The Balaban J connectivity index is 1.33. The van der Waals surface area contributed by atoms with Gasteiger partial charge in [-0.05, 0) is 73.7 Å². The second-order valence-electron chi connectivity index (χ2n) is 7.21. The number of amides is 1. The van der Waals surface area contributed by atoms with E-state index in [4.69, 9.17) is 4.74 Å². The molecule has 0 aliphatic carbocycles. The van der Waals surface area contributed by atoms with E-state index in [0.29, 0.717) is 12.4 Å². The number of hydrazone groups is 1. The van der Waals surface area contributed by atoms with Crippen molar-refractivity contribution in [2.24, 2.45) is 5.10 Å². The second kappa shape index (κ2) is 10.2. The summed E-state index contributed by atoms with van der Waals surface area (Å²) in [6.45, 7) is 0.330. The largest absolute Gasteiger partial charge is 0.488 e. The topological polar surface area (TPSA) is 50.7 Å². The molecule has 0 heterocycles. The fourth-order valence-electron chi connectivity index (χ4n) is 3.29. The van der Waals surface area contributed by atoms with Gasteiger partial charge < -0.3 is 4.74 Å². The molecule has 32 heavy (non-hydrogen) atoms. The molecule has 6 heteroatoms. The highest BCUT2D eigenvalue weighted by atomic mass is 79.9. The summed E-state index contributed by atoms with van der Waals surface area (Å²) in [5.41, 5.74) is 5.22. The number of halogens is 2. The van der Waals surface area contributed by atoms with Gasteiger partial charge in [0.1, 0.15) is 18.2 Å². The summed E-state index contributed by atoms with van der Waals surface area (Å²) < 4.78 is 19.5. The summed E-state index contributed by atoms with van der Waals surface area (Å²) in [7, 11) is 0. The molecule has 160 valence electrons. The van der Waals surface area contributed by atoms with Crippen LogP contribution in [0.4, 0.5) is 4.39 Å². The smallest absolute Gasteiger partial charge is 0.244 e. The molecule has 0 saturated carbocycles. The lowest BCUT2D eigenvalue weighted by atomic mass is 10.0. The van der Waals surface area contributed by atoms with Gasteiger partial charge in [-0.15, -0.1) is 0 Å². The van der Waals surface area contributed by atoms with Crippen molar-refractivity contribution >= 4 is 38.8 Å². The lowest BCUT2D eigenvalue weighted by Crippen LogP contribution is -2.19. The van der Waals surface area contributed by atoms with Crippen LogP contribution < -0.4 is 10.2 Å². The highest BCUT2D eigenvalue weighted by Gasteiger charge is 2.06. The molecule has 4 nitrogen and oxygen atoms in total. The van der Waals surface area contributed by atoms with Gasteiger partial charge in [0.25, 0.3) is 0 Å². The van der Waals surface area contributed by atoms with Gasteiger partial charge >= 0.3 is 0 Å². The van der Waals surface area contributed by atoms with E-state index in [0.717, 1.165) is 31.9 Å². The van der Waals surface area contributed by atoms with E-state index >= 15 is 0 Å². The average Bonchev–Trinajstić information content (AvgIpc) is 2.80. The number of carbonyl (C=O) groups excluding carboxylic acids is 1. The van der Waals surface area contributed by atoms with Crippen LogP contribution in [0.3, 0.4) is 0 Å². The Bertz CT molecular complexity index is 1270. The minimum Gasteiger partial charge on any atom is -0.488 e. The summed E-state index contributed by atoms with van der Waals surface area (Å²) in [4.78, 5) is 12.3. The van der Waals surface area contributed by atoms with Gasteiger partial charge in [-0.1, -0.05) is 54.6 Å². The predicted molar refractivity (Wildman–Crippen MR) is 128 cm³/mol. The Kier molecular flexibility index (Phi) is 6.92. The van der Waals surface area contributed by atoms with Crippen LogP contribution in [0.25, 0.3) is 10.8 Å². The van der Waals surface area contributed by atoms with E-state index in [2.05, 4.69) is 26.5 Å². The first-order valence-corrected chi connectivity index (χ1v) is 10.8. The molecule has 4 aromatic rings. The van der Waals surface area contributed by atoms with Crippen molar-refractivity contribution in [2.45, 2.75) is 13.0 Å². The maximum Gasteiger partial charge on any atom is 0.244 e. The standard InChI is InChI=1S/C26H20BrFN2O2/c27-24-14-19(10-13-25(24)32-17-18-8-11-22(28)12-9-18)16-29-30-26(31)15-21-6-3-5-20-4-1-2-7-23(20)21/h1-14,16H,15,17H2,(H,30,31)/b29-16-. The van der Waals surface area contributed by atoms with Gasteiger partial charge in [0.15, 0.2) is 0 Å². The van der Waals surface area contributed by atoms with Crippen LogP contribution in [0.5, 0.6) is 5.75 Å². The molecule has 4 aromatic carbocycles. The van der Waals surface area contributed by atoms with Gasteiger partial charge in [-0.25, -0.2) is 9.82 Å². The van der Waals surface area contributed by atoms with Crippen LogP contribution in [-0.4, -0.2) is 12.1 Å². The first-order valence-electron chi connectivity index (χ1n) is 10.0. The summed E-state index contributed by atoms with van der Waals surface area (Å²) in [5.74, 6) is 0.199. The molecule has 0 unspecified atom stereocenters. The zero-order chi connectivity index (χ0) is 22.3. The molecule has 0 atom stereocenters. The first-order chi connectivity index (χ1) is 15.6. The molecule has 0 spiro atoms. The van der Waals surface area contributed by atoms with E-state index < -0.39 is 0 Å². The quantitative estimate of drug-likeness (QED) is 0.254. The zero-order valence-electron chi connectivity index (χ0n) is 17.1. The first kappa shape index (κ1) is 21.7. The minimum absolute atomic E-state index is 0.184. The highest BCUT2D eigenvalue weighted by molar-refractivity contribution is 9.10. The van der Waals surface area contributed by atoms with Crippen LogP contribution in [0.15, 0.2) is 94.5 Å². The molecule has 0 fully saturated rings. The highest BCUT2D eigenvalue weighted by Crippen LogP contribution is 2.26. The zero-order valence-corrected chi connectivity index (χ0v) is 18.7. The van der Waals surface area contributed by atoms with Crippen LogP contribution in [0, 0.1) is 5.82 Å². The second-order valence-corrected chi connectivity index (χ2v) is 8.07. The van der Waals surface area contributed by atoms with Gasteiger partial charge in [-0.2, -0.15) is 5.10 Å². The number of hydrogen-bond donors (Lipinski definition) is 1. The number of hydrogen-bond acceptors (Lipinski definition) is 3. The molecule has 4 rings (SSSR count). The summed E-state index contributed by atoms with van der Waals surface area (Å²) >= 11 is 3.49. The van der Waals surface area contributed by atoms with Crippen molar-refractivity contribution in [1.82, 2.24) is 5.43 Å². The lowest BCUT2D eigenvalue weighted by Gasteiger charge is -2.09. The van der Waals surface area contributed by atoms with Crippen molar-refractivity contribution in [3.8, 4) is 5.75 Å². The SMILES string of the molecule is O=C(Cc1cccc2ccccc12)N/N=C\c1ccc(OCc2ccc(F)cc2)c(Br)c1. The maximum atomic E-state index is 13.0. The van der Waals surface area contributed by atoms with Crippen molar-refractivity contribution in [3.05, 3.63) is 112 Å². The molecule has 1 N–H and O–H groups in total. The van der Waals surface area contributed by atoms with Crippen molar-refractivity contribution in [1.29, 1.82) is 0 Å². The number of ether oxygens (including phenoxy) is 1. The van der Waals surface area contributed by atoms with Crippen molar-refractivity contribution < 1.29 is 13.9 Å². The van der Waals surface area contributed by atoms with Crippen molar-refractivity contribution in [2.75, 3.05) is 0 Å².